The van der Waals surface area contributed by atoms with Crippen molar-refractivity contribution >= 4 is 29.1 Å². The van der Waals surface area contributed by atoms with Gasteiger partial charge in [-0.1, -0.05) is 48.0 Å². The second-order valence-electron chi connectivity index (χ2n) is 8.76. The van der Waals surface area contributed by atoms with Crippen molar-refractivity contribution in [2.45, 2.75) is 32.2 Å². The van der Waals surface area contributed by atoms with Crippen LogP contribution in [0.5, 0.6) is 5.75 Å². The molecule has 180 valence electrons. The van der Waals surface area contributed by atoms with Gasteiger partial charge in [-0.3, -0.25) is 14.4 Å². The molecule has 3 aromatic rings. The normalized spacial score (nSPS) is 17.7. The first-order valence-electron chi connectivity index (χ1n) is 11.6. The topological polar surface area (TPSA) is 102 Å². The summed E-state index contributed by atoms with van der Waals surface area (Å²) in [4.78, 5) is 39.7. The molecule has 1 saturated heterocycles. The fourth-order valence-corrected chi connectivity index (χ4v) is 4.59. The van der Waals surface area contributed by atoms with E-state index in [1.807, 2.05) is 55.5 Å². The Bertz CT molecular complexity index is 1220. The second-order valence-corrected chi connectivity index (χ2v) is 8.76. The number of nitrogens with zero attached hydrogens (tertiary/aromatic N) is 1. The zero-order valence-electron chi connectivity index (χ0n) is 19.9. The molecule has 4 rings (SSSR count). The van der Waals surface area contributed by atoms with Crippen LogP contribution in [0.15, 0.2) is 72.8 Å². The summed E-state index contributed by atoms with van der Waals surface area (Å²) in [6.07, 6.45) is 0.811. The summed E-state index contributed by atoms with van der Waals surface area (Å²) in [6.45, 7) is 1.99. The van der Waals surface area contributed by atoms with Crippen LogP contribution in [0.4, 0.5) is 11.4 Å². The number of hydrogen-bond acceptors (Lipinski definition) is 4. The Balaban J connectivity index is 1.70. The van der Waals surface area contributed by atoms with E-state index in [0.29, 0.717) is 17.9 Å². The zero-order chi connectivity index (χ0) is 24.9. The van der Waals surface area contributed by atoms with E-state index >= 15 is 0 Å². The van der Waals surface area contributed by atoms with Crippen LogP contribution in [-0.4, -0.2) is 24.8 Å². The smallest absolute Gasteiger partial charge is 0.229 e. The molecule has 1 heterocycles. The molecule has 1 aliphatic heterocycles. The second kappa shape index (κ2) is 10.4. The number of benzene rings is 3. The number of nitrogens with two attached hydrogens (primary N) is 1. The van der Waals surface area contributed by atoms with E-state index in [1.165, 1.54) is 0 Å². The number of anilines is 2. The summed E-state index contributed by atoms with van der Waals surface area (Å²) >= 11 is 0. The lowest BCUT2D eigenvalue weighted by molar-refractivity contribution is -0.126. The van der Waals surface area contributed by atoms with E-state index in [-0.39, 0.29) is 24.7 Å². The molecule has 7 heteroatoms. The quantitative estimate of drug-likeness (QED) is 0.540. The standard InChI is InChI=1S/C28H29N3O4/c1-18-7-13-21(14-8-18)31-26(33)16-15-23(27(31)22-5-3-4-6-24(22)35-2)28(34)30-20-11-9-19(10-12-20)17-25(29)32/h3-14,23,27H,15-17H2,1-2H3,(H2,29,32)(H,30,34). The molecule has 2 atom stereocenters. The summed E-state index contributed by atoms with van der Waals surface area (Å²) < 4.78 is 5.62. The molecule has 3 amide bonds. The van der Waals surface area contributed by atoms with Crippen LogP contribution >= 0.6 is 0 Å². The highest BCUT2D eigenvalue weighted by atomic mass is 16.5. The maximum atomic E-state index is 13.6. The Morgan fingerprint density at radius 2 is 1.71 bits per heavy atom. The number of para-hydroxylation sites is 1. The molecule has 1 fully saturated rings. The lowest BCUT2D eigenvalue weighted by Gasteiger charge is -2.41. The molecular formula is C28H29N3O4. The maximum Gasteiger partial charge on any atom is 0.229 e. The summed E-state index contributed by atoms with van der Waals surface area (Å²) in [5.74, 6) is -0.518. The van der Waals surface area contributed by atoms with Gasteiger partial charge in [0.1, 0.15) is 5.75 Å². The number of aryl methyl sites for hydroxylation is 1. The lowest BCUT2D eigenvalue weighted by atomic mass is 9.82. The van der Waals surface area contributed by atoms with Crippen molar-refractivity contribution in [1.82, 2.24) is 0 Å². The summed E-state index contributed by atoms with van der Waals surface area (Å²) in [5.41, 5.74) is 9.25. The van der Waals surface area contributed by atoms with E-state index < -0.39 is 17.9 Å². The summed E-state index contributed by atoms with van der Waals surface area (Å²) in [7, 11) is 1.59. The van der Waals surface area contributed by atoms with Crippen molar-refractivity contribution in [1.29, 1.82) is 0 Å². The number of methoxy groups -OCH3 is 1. The molecule has 7 nitrogen and oxygen atoms in total. The predicted octanol–water partition coefficient (Wildman–Crippen LogP) is 4.15. The molecule has 0 bridgehead atoms. The Kier molecular flexibility index (Phi) is 7.15. The summed E-state index contributed by atoms with van der Waals surface area (Å²) in [5, 5.41) is 2.99. The molecule has 0 spiro atoms. The third-order valence-corrected chi connectivity index (χ3v) is 6.30. The number of carbonyl (C=O) groups excluding carboxylic acids is 3. The van der Waals surface area contributed by atoms with Crippen molar-refractivity contribution in [3.8, 4) is 5.75 Å². The van der Waals surface area contributed by atoms with Gasteiger partial charge in [-0.2, -0.15) is 0 Å². The van der Waals surface area contributed by atoms with Crippen molar-refractivity contribution in [2.24, 2.45) is 11.7 Å². The molecule has 0 aromatic heterocycles. The molecule has 0 radical (unpaired) electrons. The molecule has 2 unspecified atom stereocenters. The number of primary amides is 1. The number of amides is 3. The monoisotopic (exact) mass is 471 g/mol. The van der Waals surface area contributed by atoms with Gasteiger partial charge in [0.05, 0.1) is 25.5 Å². The van der Waals surface area contributed by atoms with E-state index in [4.69, 9.17) is 10.5 Å². The van der Waals surface area contributed by atoms with Crippen LogP contribution in [0, 0.1) is 12.8 Å². The van der Waals surface area contributed by atoms with Gasteiger partial charge < -0.3 is 20.7 Å². The molecule has 1 aliphatic rings. The van der Waals surface area contributed by atoms with E-state index in [0.717, 1.165) is 22.4 Å². The Morgan fingerprint density at radius 3 is 2.37 bits per heavy atom. The van der Waals surface area contributed by atoms with Crippen molar-refractivity contribution in [3.63, 3.8) is 0 Å². The molecule has 0 saturated carbocycles. The van der Waals surface area contributed by atoms with Gasteiger partial charge in [-0.15, -0.1) is 0 Å². The van der Waals surface area contributed by atoms with Crippen LogP contribution in [0.25, 0.3) is 0 Å². The SMILES string of the molecule is COc1ccccc1C1C(C(=O)Nc2ccc(CC(N)=O)cc2)CCC(=O)N1c1ccc(C)cc1. The fourth-order valence-electron chi connectivity index (χ4n) is 4.59. The number of nitrogens with one attached hydrogen (secondary N) is 1. The van der Waals surface area contributed by atoms with Crippen LogP contribution in [0.1, 0.15) is 35.6 Å². The minimum absolute atomic E-state index is 0.0374. The number of rotatable bonds is 7. The first-order chi connectivity index (χ1) is 16.9. The van der Waals surface area contributed by atoms with Gasteiger partial charge in [0.2, 0.25) is 17.7 Å². The Morgan fingerprint density at radius 1 is 1.03 bits per heavy atom. The average molecular weight is 472 g/mol. The third kappa shape index (κ3) is 5.35. The van der Waals surface area contributed by atoms with Crippen LogP contribution in [-0.2, 0) is 20.8 Å². The Labute approximate surface area is 204 Å². The van der Waals surface area contributed by atoms with Gasteiger partial charge >= 0.3 is 0 Å². The van der Waals surface area contributed by atoms with Crippen molar-refractivity contribution in [2.75, 3.05) is 17.3 Å². The number of hydrogen-bond donors (Lipinski definition) is 2. The highest BCUT2D eigenvalue weighted by molar-refractivity contribution is 6.00. The lowest BCUT2D eigenvalue weighted by Crippen LogP contribution is -2.47. The van der Waals surface area contributed by atoms with E-state index in [2.05, 4.69) is 5.32 Å². The molecule has 35 heavy (non-hydrogen) atoms. The van der Waals surface area contributed by atoms with Crippen molar-refractivity contribution in [3.05, 3.63) is 89.5 Å². The van der Waals surface area contributed by atoms with Gasteiger partial charge in [-0.05, 0) is 49.2 Å². The third-order valence-electron chi connectivity index (χ3n) is 6.30. The highest BCUT2D eigenvalue weighted by Gasteiger charge is 2.42. The summed E-state index contributed by atoms with van der Waals surface area (Å²) in [6, 6.07) is 21.7. The number of ether oxygens (including phenoxy) is 1. The van der Waals surface area contributed by atoms with Crippen LogP contribution in [0.2, 0.25) is 0 Å². The minimum atomic E-state index is -0.538. The van der Waals surface area contributed by atoms with Gasteiger partial charge in [-0.25, -0.2) is 0 Å². The first-order valence-corrected chi connectivity index (χ1v) is 11.6. The van der Waals surface area contributed by atoms with Gasteiger partial charge in [0, 0.05) is 23.4 Å². The van der Waals surface area contributed by atoms with Crippen LogP contribution in [0.3, 0.4) is 0 Å². The molecule has 3 aromatic carbocycles. The minimum Gasteiger partial charge on any atom is -0.496 e. The predicted molar refractivity (Wildman–Crippen MR) is 135 cm³/mol. The zero-order valence-corrected chi connectivity index (χ0v) is 19.9. The number of piperidine rings is 1. The molecule has 3 N–H and O–H groups in total. The van der Waals surface area contributed by atoms with Crippen molar-refractivity contribution < 1.29 is 19.1 Å². The first kappa shape index (κ1) is 24.0. The van der Waals surface area contributed by atoms with Gasteiger partial charge in [0.25, 0.3) is 0 Å². The largest absolute Gasteiger partial charge is 0.496 e. The van der Waals surface area contributed by atoms with E-state index in [1.54, 1.807) is 36.3 Å². The molecule has 0 aliphatic carbocycles. The Hall–Kier alpha value is -4.13. The van der Waals surface area contributed by atoms with E-state index in [9.17, 15) is 14.4 Å². The average Bonchev–Trinajstić information content (AvgIpc) is 2.85. The fraction of sp³-hybridized carbons (Fsp3) is 0.250. The van der Waals surface area contributed by atoms with Crippen LogP contribution < -0.4 is 20.7 Å². The molecular weight excluding hydrogens is 442 g/mol. The van der Waals surface area contributed by atoms with Gasteiger partial charge in [0.15, 0.2) is 0 Å². The number of carbonyl (C=O) groups is 3. The maximum absolute atomic E-state index is 13.6. The highest BCUT2D eigenvalue weighted by Crippen LogP contribution is 2.43.